The van der Waals surface area contributed by atoms with Crippen LogP contribution in [0, 0.1) is 5.92 Å². The fraction of sp³-hybridized carbons (Fsp3) is 0.690. The van der Waals surface area contributed by atoms with E-state index in [1.54, 1.807) is 18.7 Å². The molecule has 41 heavy (non-hydrogen) atoms. The van der Waals surface area contributed by atoms with Gasteiger partial charge in [-0.05, 0) is 56.6 Å². The highest BCUT2D eigenvalue weighted by Crippen LogP contribution is 2.53. The van der Waals surface area contributed by atoms with Crippen LogP contribution in [0.1, 0.15) is 82.8 Å². The third-order valence-corrected chi connectivity index (χ3v) is 10.2. The van der Waals surface area contributed by atoms with Crippen LogP contribution in [0.25, 0.3) is 0 Å². The van der Waals surface area contributed by atoms with Crippen LogP contribution in [0.3, 0.4) is 0 Å². The lowest BCUT2D eigenvalue weighted by molar-refractivity contribution is -0.132. The number of rotatable bonds is 14. The van der Waals surface area contributed by atoms with Gasteiger partial charge in [-0.15, -0.1) is 0 Å². The number of aryl methyl sites for hydroxylation is 1. The molecule has 1 saturated carbocycles. The molecular weight excluding hydrogens is 549 g/mol. The van der Waals surface area contributed by atoms with Gasteiger partial charge in [0.15, 0.2) is 5.85 Å². The lowest BCUT2D eigenvalue weighted by Crippen LogP contribution is -2.53. The van der Waals surface area contributed by atoms with Crippen molar-refractivity contribution < 1.29 is 38.2 Å². The second kappa shape index (κ2) is 16.2. The fourth-order valence-corrected chi connectivity index (χ4v) is 7.60. The van der Waals surface area contributed by atoms with Crippen molar-refractivity contribution in [3.05, 3.63) is 35.4 Å². The number of nitrogens with zero attached hydrogens (tertiary/aromatic N) is 1. The zero-order valence-corrected chi connectivity index (χ0v) is 25.2. The van der Waals surface area contributed by atoms with E-state index in [9.17, 15) is 29.2 Å². The second-order valence-electron chi connectivity index (χ2n) is 10.9. The summed E-state index contributed by atoms with van der Waals surface area (Å²) in [6, 6.07) is 5.79. The average molecular weight is 596 g/mol. The molecule has 0 aromatic heterocycles. The molecular formula is C29H46N3O8P. The van der Waals surface area contributed by atoms with Crippen molar-refractivity contribution in [2.24, 2.45) is 5.92 Å². The summed E-state index contributed by atoms with van der Waals surface area (Å²) in [5.41, 5.74) is 2.30. The van der Waals surface area contributed by atoms with Gasteiger partial charge in [-0.2, -0.15) is 0 Å². The van der Waals surface area contributed by atoms with Crippen molar-refractivity contribution in [1.82, 2.24) is 15.5 Å². The number of aliphatic hydroxyl groups excluding tert-OH is 1. The van der Waals surface area contributed by atoms with E-state index in [0.717, 1.165) is 50.5 Å². The first-order chi connectivity index (χ1) is 19.7. The molecule has 1 heterocycles. The van der Waals surface area contributed by atoms with Crippen molar-refractivity contribution in [3.63, 3.8) is 0 Å². The third-order valence-electron chi connectivity index (χ3n) is 7.91. The highest BCUT2D eigenvalue weighted by atomic mass is 31.2. The van der Waals surface area contributed by atoms with Crippen molar-refractivity contribution in [2.45, 2.75) is 103 Å². The zero-order valence-electron chi connectivity index (χ0n) is 24.3. The number of fused-ring (bicyclic) bond motifs is 1. The van der Waals surface area contributed by atoms with E-state index in [1.165, 1.54) is 5.56 Å². The Hall–Kier alpha value is -2.46. The summed E-state index contributed by atoms with van der Waals surface area (Å²) in [6.07, 6.45) is 5.63. The van der Waals surface area contributed by atoms with Crippen LogP contribution in [-0.2, 0) is 36.2 Å². The van der Waals surface area contributed by atoms with Crippen LogP contribution in [-0.4, -0.2) is 70.7 Å². The van der Waals surface area contributed by atoms with Gasteiger partial charge in [-0.1, -0.05) is 56.4 Å². The third kappa shape index (κ3) is 9.81. The van der Waals surface area contributed by atoms with Crippen LogP contribution >= 0.6 is 7.60 Å². The molecule has 1 aromatic carbocycles. The van der Waals surface area contributed by atoms with Gasteiger partial charge in [-0.25, -0.2) is 4.79 Å². The van der Waals surface area contributed by atoms with Gasteiger partial charge in [0, 0.05) is 19.5 Å². The fourth-order valence-electron chi connectivity index (χ4n) is 5.84. The van der Waals surface area contributed by atoms with Gasteiger partial charge >= 0.3 is 13.7 Å². The average Bonchev–Trinajstić information content (AvgIpc) is 3.17. The predicted octanol–water partition coefficient (Wildman–Crippen LogP) is 4.42. The van der Waals surface area contributed by atoms with Crippen LogP contribution in [0.5, 0.6) is 0 Å². The normalized spacial score (nSPS) is 18.5. The summed E-state index contributed by atoms with van der Waals surface area (Å²) in [6.45, 7) is 4.29. The molecule has 4 N–H and O–H groups in total. The van der Waals surface area contributed by atoms with E-state index in [-0.39, 0.29) is 37.9 Å². The molecule has 12 heteroatoms. The first-order valence-electron chi connectivity index (χ1n) is 14.9. The molecule has 0 saturated heterocycles. The Labute approximate surface area is 242 Å². The Bertz CT molecular complexity index is 1050. The maximum atomic E-state index is 13.5. The summed E-state index contributed by atoms with van der Waals surface area (Å²) in [5, 5.41) is 25.7. The maximum absolute atomic E-state index is 13.5. The second-order valence-corrected chi connectivity index (χ2v) is 13.0. The van der Waals surface area contributed by atoms with Gasteiger partial charge in [-0.3, -0.25) is 14.2 Å². The minimum atomic E-state index is -4.08. The Morgan fingerprint density at radius 1 is 1.02 bits per heavy atom. The van der Waals surface area contributed by atoms with Gasteiger partial charge in [0.05, 0.1) is 19.3 Å². The highest BCUT2D eigenvalue weighted by molar-refractivity contribution is 7.54. The van der Waals surface area contributed by atoms with E-state index in [1.807, 2.05) is 18.2 Å². The number of carbonyl (C=O) groups excluding carboxylic acids is 2. The first kappa shape index (κ1) is 33.0. The highest BCUT2D eigenvalue weighted by Gasteiger charge is 2.42. The van der Waals surface area contributed by atoms with E-state index >= 15 is 0 Å². The summed E-state index contributed by atoms with van der Waals surface area (Å²) in [5.74, 6) is -2.35. The monoisotopic (exact) mass is 595 g/mol. The molecule has 0 radical (unpaired) electrons. The minimum absolute atomic E-state index is 0.00595. The Kier molecular flexibility index (Phi) is 13.1. The molecule has 1 aliphatic carbocycles. The number of benzene rings is 1. The molecule has 230 valence electrons. The molecule has 0 bridgehead atoms. The Morgan fingerprint density at radius 2 is 1.68 bits per heavy atom. The molecule has 11 nitrogen and oxygen atoms in total. The minimum Gasteiger partial charge on any atom is -0.465 e. The Balaban J connectivity index is 1.76. The number of carboxylic acid groups (broad SMARTS) is 1. The largest absolute Gasteiger partial charge is 0.465 e. The van der Waals surface area contributed by atoms with Gasteiger partial charge in [0.25, 0.3) is 0 Å². The molecule has 1 aliphatic heterocycles. The number of hydrogen-bond acceptors (Lipinski definition) is 7. The lowest BCUT2D eigenvalue weighted by Gasteiger charge is -2.32. The van der Waals surface area contributed by atoms with Crippen LogP contribution in [0.15, 0.2) is 24.3 Å². The quantitative estimate of drug-likeness (QED) is 0.231. The number of hydrogen-bond donors (Lipinski definition) is 4. The van der Waals surface area contributed by atoms with Crippen LogP contribution in [0.2, 0.25) is 0 Å². The number of amides is 3. The van der Waals surface area contributed by atoms with Crippen molar-refractivity contribution in [3.8, 4) is 0 Å². The van der Waals surface area contributed by atoms with E-state index in [2.05, 4.69) is 16.7 Å². The van der Waals surface area contributed by atoms with E-state index < -0.39 is 37.5 Å². The van der Waals surface area contributed by atoms with Gasteiger partial charge in [0.1, 0.15) is 6.04 Å². The molecule has 2 aliphatic rings. The topological polar surface area (TPSA) is 154 Å². The van der Waals surface area contributed by atoms with Gasteiger partial charge < -0.3 is 34.8 Å². The Morgan fingerprint density at radius 3 is 2.32 bits per heavy atom. The molecule has 3 amide bonds. The smallest absolute Gasteiger partial charge is 0.405 e. The maximum Gasteiger partial charge on any atom is 0.405 e. The van der Waals surface area contributed by atoms with Crippen LogP contribution < -0.4 is 10.6 Å². The van der Waals surface area contributed by atoms with Crippen molar-refractivity contribution >= 4 is 25.5 Å². The number of carbonyl (C=O) groups is 3. The van der Waals surface area contributed by atoms with Crippen molar-refractivity contribution in [1.29, 1.82) is 0 Å². The summed E-state index contributed by atoms with van der Waals surface area (Å²) < 4.78 is 24.2. The number of aliphatic hydroxyl groups is 1. The number of nitrogens with one attached hydrogen (secondary N) is 2. The standard InChI is InChI=1S/C29H46N3O8P/c1-3-39-41(38,40-4-2)28(35)24(30-27(34)25(31-29(36)37)19-21-11-6-5-7-12-21)16-17-26(33)32-18-10-15-22-13-8-9-14-23(22)20-32/h8-9,13-14,21,24-25,28,31,35H,3-7,10-12,15-20H2,1-2H3,(H,30,34)(H,36,37)/t24-,25-,28?/m0/s1. The van der Waals surface area contributed by atoms with Gasteiger partial charge in [0.2, 0.25) is 11.8 Å². The molecule has 1 fully saturated rings. The van der Waals surface area contributed by atoms with Crippen molar-refractivity contribution in [2.75, 3.05) is 19.8 Å². The predicted molar refractivity (Wildman–Crippen MR) is 154 cm³/mol. The molecule has 0 spiro atoms. The first-order valence-corrected chi connectivity index (χ1v) is 16.5. The molecule has 1 aromatic rings. The van der Waals surface area contributed by atoms with E-state index in [4.69, 9.17) is 9.05 Å². The van der Waals surface area contributed by atoms with E-state index in [0.29, 0.717) is 19.5 Å². The summed E-state index contributed by atoms with van der Waals surface area (Å²) in [7, 11) is -4.08. The lowest BCUT2D eigenvalue weighted by atomic mass is 9.84. The molecule has 1 unspecified atom stereocenters. The summed E-state index contributed by atoms with van der Waals surface area (Å²) in [4.78, 5) is 40.1. The summed E-state index contributed by atoms with van der Waals surface area (Å²) >= 11 is 0. The molecule has 3 atom stereocenters. The SMILES string of the molecule is CCOP(=O)(OCC)C(O)[C@H](CCC(=O)N1CCCc2ccccc2C1)NC(=O)[C@H](CC1CCCCC1)NC(=O)O. The molecule has 3 rings (SSSR count). The zero-order chi connectivity index (χ0) is 29.8. The van der Waals surface area contributed by atoms with Crippen LogP contribution in [0.4, 0.5) is 4.79 Å².